The fraction of sp³-hybridized carbons (Fsp3) is 0.333. The summed E-state index contributed by atoms with van der Waals surface area (Å²) in [6.07, 6.45) is 0. The molecule has 0 spiro atoms. The number of benzene rings is 2. The fourth-order valence-corrected chi connectivity index (χ4v) is 5.15. The van der Waals surface area contributed by atoms with Crippen LogP contribution in [0.5, 0.6) is 5.75 Å². The molecule has 2 aromatic rings. The predicted octanol–water partition coefficient (Wildman–Crippen LogP) is 3.56. The van der Waals surface area contributed by atoms with E-state index in [9.17, 15) is 0 Å². The molecule has 2 nitrogen and oxygen atoms in total. The molecule has 0 fully saturated rings. The fourth-order valence-electron chi connectivity index (χ4n) is 2.67. The molecule has 0 amide bonds. The van der Waals surface area contributed by atoms with Crippen LogP contribution in [0.15, 0.2) is 55.1 Å². The highest BCUT2D eigenvalue weighted by molar-refractivity contribution is 6.83. The van der Waals surface area contributed by atoms with Crippen LogP contribution in [0, 0.1) is 0 Å². The van der Waals surface area contributed by atoms with Gasteiger partial charge in [0.25, 0.3) is 0 Å². The molecule has 0 saturated heterocycles. The number of ether oxygens (including phenoxy) is 1. The second-order valence-corrected chi connectivity index (χ2v) is 10.0. The zero-order valence-corrected chi connectivity index (χ0v) is 16.7. The molecule has 0 bridgehead atoms. The molecule has 24 heavy (non-hydrogen) atoms. The molecule has 2 rings (SSSR count). The number of rotatable bonds is 5. The average molecular weight is 339 g/mol. The van der Waals surface area contributed by atoms with Crippen molar-refractivity contribution in [2.45, 2.75) is 33.3 Å². The topological polar surface area (TPSA) is 12.5 Å². The van der Waals surface area contributed by atoms with E-state index >= 15 is 0 Å². The van der Waals surface area contributed by atoms with E-state index in [4.69, 9.17) is 4.74 Å². The van der Waals surface area contributed by atoms with Gasteiger partial charge in [-0.25, -0.2) is 0 Å². The Morgan fingerprint density at radius 2 is 1.71 bits per heavy atom. The molecule has 2 aromatic carbocycles. The van der Waals surface area contributed by atoms with Crippen molar-refractivity contribution in [2.75, 3.05) is 14.1 Å². The third-order valence-corrected chi connectivity index (χ3v) is 6.31. The summed E-state index contributed by atoms with van der Waals surface area (Å²) in [4.78, 5) is 0. The van der Waals surface area contributed by atoms with Gasteiger partial charge in [-0.3, -0.25) is 0 Å². The Bertz CT molecular complexity index is 716. The molecule has 0 atom stereocenters. The number of nitrogens with zero attached hydrogens (tertiary/aromatic N) is 1. The Morgan fingerprint density at radius 1 is 1.04 bits per heavy atom. The smallest absolute Gasteiger partial charge is 0.212 e. The molecule has 3 heteroatoms. The van der Waals surface area contributed by atoms with Crippen molar-refractivity contribution in [3.05, 3.63) is 60.7 Å². The molecule has 1 radical (unpaired) electrons. The first-order valence-electron chi connectivity index (χ1n) is 8.28. The SMILES string of the molecule is C=C(C)c1cccc([Si](c2ccccc2OC(C)(C)C)N(C)C)c1. The van der Waals surface area contributed by atoms with E-state index in [-0.39, 0.29) is 5.60 Å². The minimum atomic E-state index is -1.11. The quantitative estimate of drug-likeness (QED) is 0.773. The maximum Gasteiger partial charge on any atom is 0.212 e. The molecule has 0 saturated carbocycles. The second-order valence-electron chi connectivity index (χ2n) is 7.31. The minimum absolute atomic E-state index is 0.213. The van der Waals surface area contributed by atoms with E-state index in [1.807, 2.05) is 6.07 Å². The van der Waals surface area contributed by atoms with Gasteiger partial charge in [-0.05, 0) is 58.6 Å². The molecule has 0 aliphatic heterocycles. The standard InChI is InChI=1S/C21H28NOSi/c1-16(2)17-11-10-12-18(15-17)24(22(6)7)20-14-9-8-13-19(20)23-21(3,4)5/h8-15H,1H2,2-7H3. The molecule has 0 aromatic heterocycles. The number of para-hydroxylation sites is 1. The summed E-state index contributed by atoms with van der Waals surface area (Å²) in [5.74, 6) is 0.980. The van der Waals surface area contributed by atoms with Crippen molar-refractivity contribution in [3.8, 4) is 5.75 Å². The van der Waals surface area contributed by atoms with Crippen LogP contribution >= 0.6 is 0 Å². The normalized spacial score (nSPS) is 11.8. The lowest BCUT2D eigenvalue weighted by atomic mass is 10.1. The molecule has 127 valence electrons. The highest BCUT2D eigenvalue weighted by atomic mass is 28.3. The van der Waals surface area contributed by atoms with Crippen LogP contribution in [0.1, 0.15) is 33.3 Å². The Labute approximate surface area is 148 Å². The number of hydrogen-bond acceptors (Lipinski definition) is 2. The van der Waals surface area contributed by atoms with Gasteiger partial charge in [-0.1, -0.05) is 54.6 Å². The van der Waals surface area contributed by atoms with Crippen molar-refractivity contribution in [1.29, 1.82) is 0 Å². The van der Waals surface area contributed by atoms with Gasteiger partial charge < -0.3 is 9.30 Å². The Morgan fingerprint density at radius 3 is 2.29 bits per heavy atom. The van der Waals surface area contributed by atoms with E-state index in [1.54, 1.807) is 0 Å². The summed E-state index contributed by atoms with van der Waals surface area (Å²) >= 11 is 0. The van der Waals surface area contributed by atoms with Gasteiger partial charge >= 0.3 is 0 Å². The summed E-state index contributed by atoms with van der Waals surface area (Å²) in [5.41, 5.74) is 2.08. The largest absolute Gasteiger partial charge is 0.488 e. The lowest BCUT2D eigenvalue weighted by Crippen LogP contribution is -2.54. The van der Waals surface area contributed by atoms with Gasteiger partial charge in [0.15, 0.2) is 0 Å². The summed E-state index contributed by atoms with van der Waals surface area (Å²) in [6, 6.07) is 17.2. The third-order valence-electron chi connectivity index (χ3n) is 3.63. The average Bonchev–Trinajstić information content (AvgIpc) is 2.48. The highest BCUT2D eigenvalue weighted by Gasteiger charge is 2.26. The van der Waals surface area contributed by atoms with Gasteiger partial charge in [0.1, 0.15) is 11.4 Å². The lowest BCUT2D eigenvalue weighted by Gasteiger charge is -2.28. The van der Waals surface area contributed by atoms with E-state index < -0.39 is 8.96 Å². The van der Waals surface area contributed by atoms with Crippen molar-refractivity contribution in [3.63, 3.8) is 0 Å². The van der Waals surface area contributed by atoms with Crippen LogP contribution in [0.3, 0.4) is 0 Å². The molecular weight excluding hydrogens is 310 g/mol. The second kappa shape index (κ2) is 7.37. The summed E-state index contributed by atoms with van der Waals surface area (Å²) < 4.78 is 8.57. The number of allylic oxidation sites excluding steroid dienone is 1. The van der Waals surface area contributed by atoms with E-state index in [1.165, 1.54) is 15.9 Å². The van der Waals surface area contributed by atoms with Gasteiger partial charge in [0.2, 0.25) is 8.96 Å². The van der Waals surface area contributed by atoms with Crippen molar-refractivity contribution >= 4 is 24.9 Å². The van der Waals surface area contributed by atoms with Crippen LogP contribution in [0.4, 0.5) is 0 Å². The van der Waals surface area contributed by atoms with Crippen LogP contribution in [0.2, 0.25) is 0 Å². The van der Waals surface area contributed by atoms with E-state index in [0.717, 1.165) is 11.3 Å². The van der Waals surface area contributed by atoms with Gasteiger partial charge in [0, 0.05) is 5.19 Å². The summed E-state index contributed by atoms with van der Waals surface area (Å²) in [6.45, 7) is 12.4. The van der Waals surface area contributed by atoms with Crippen molar-refractivity contribution in [2.24, 2.45) is 0 Å². The van der Waals surface area contributed by atoms with E-state index in [2.05, 4.69) is 95.4 Å². The predicted molar refractivity (Wildman–Crippen MR) is 107 cm³/mol. The maximum absolute atomic E-state index is 6.24. The van der Waals surface area contributed by atoms with Crippen LogP contribution in [-0.4, -0.2) is 33.2 Å². The van der Waals surface area contributed by atoms with E-state index in [0.29, 0.717) is 0 Å². The van der Waals surface area contributed by atoms with Gasteiger partial charge in [-0.2, -0.15) is 0 Å². The number of hydrogen-bond donors (Lipinski definition) is 0. The molecule has 0 unspecified atom stereocenters. The molecular formula is C21H28NOSi. The molecule has 0 heterocycles. The van der Waals surface area contributed by atoms with Gasteiger partial charge in [0.05, 0.1) is 0 Å². The molecule has 0 aliphatic carbocycles. The first-order chi connectivity index (χ1) is 11.2. The first-order valence-corrected chi connectivity index (χ1v) is 9.73. The maximum atomic E-state index is 6.24. The van der Waals surface area contributed by atoms with Crippen LogP contribution in [-0.2, 0) is 0 Å². The lowest BCUT2D eigenvalue weighted by molar-refractivity contribution is 0.132. The zero-order chi connectivity index (χ0) is 17.9. The first kappa shape index (κ1) is 18.5. The molecule has 0 aliphatic rings. The van der Waals surface area contributed by atoms with Gasteiger partial charge in [-0.15, -0.1) is 0 Å². The Kier molecular flexibility index (Phi) is 5.68. The van der Waals surface area contributed by atoms with Crippen molar-refractivity contribution < 1.29 is 4.74 Å². The highest BCUT2D eigenvalue weighted by Crippen LogP contribution is 2.17. The Balaban J connectivity index is 2.53. The summed E-state index contributed by atoms with van der Waals surface area (Å²) in [7, 11) is 3.19. The Hall–Kier alpha value is -1.84. The third kappa shape index (κ3) is 4.59. The summed E-state index contributed by atoms with van der Waals surface area (Å²) in [5, 5.41) is 2.62. The van der Waals surface area contributed by atoms with Crippen LogP contribution in [0.25, 0.3) is 5.57 Å². The monoisotopic (exact) mass is 338 g/mol. The van der Waals surface area contributed by atoms with Crippen molar-refractivity contribution in [1.82, 2.24) is 4.57 Å². The minimum Gasteiger partial charge on any atom is -0.488 e. The van der Waals surface area contributed by atoms with Crippen LogP contribution < -0.4 is 15.1 Å². The zero-order valence-electron chi connectivity index (χ0n) is 15.7. The molecule has 0 N–H and O–H groups in total.